The Labute approximate surface area is 131 Å². The van der Waals surface area contributed by atoms with E-state index >= 15 is 0 Å². The van der Waals surface area contributed by atoms with Gasteiger partial charge in [-0.1, -0.05) is 67.6 Å². The summed E-state index contributed by atoms with van der Waals surface area (Å²) in [5, 5.41) is 3.32. The Bertz CT molecular complexity index is 633. The van der Waals surface area contributed by atoms with E-state index in [4.69, 9.17) is 5.73 Å². The monoisotopic (exact) mass is 294 g/mol. The Morgan fingerprint density at radius 2 is 1.45 bits per heavy atom. The summed E-state index contributed by atoms with van der Waals surface area (Å²) in [6.45, 7) is 2.02. The van der Waals surface area contributed by atoms with Gasteiger partial charge < -0.3 is 11.1 Å². The van der Waals surface area contributed by atoms with Gasteiger partial charge >= 0.3 is 0 Å². The van der Waals surface area contributed by atoms with Gasteiger partial charge in [0.1, 0.15) is 11.7 Å². The molecule has 0 bridgehead atoms. The topological polar surface area (TPSA) is 62.8 Å². The Kier molecular flexibility index (Phi) is 5.86. The first-order valence-corrected chi connectivity index (χ1v) is 7.42. The van der Waals surface area contributed by atoms with Crippen LogP contribution in [0.3, 0.4) is 0 Å². The van der Waals surface area contributed by atoms with Crippen molar-refractivity contribution in [2.45, 2.75) is 19.5 Å². The second kappa shape index (κ2) is 8.10. The molecule has 2 aromatic carbocycles. The number of hydrogen-bond donors (Lipinski definition) is 2. The van der Waals surface area contributed by atoms with Crippen LogP contribution in [-0.4, -0.2) is 24.9 Å². The Balaban J connectivity index is 2.32. The van der Waals surface area contributed by atoms with Crippen molar-refractivity contribution in [1.82, 2.24) is 5.32 Å². The van der Waals surface area contributed by atoms with Gasteiger partial charge in [0, 0.05) is 18.2 Å². The van der Waals surface area contributed by atoms with E-state index in [1.807, 2.05) is 67.6 Å². The Hall–Kier alpha value is -2.46. The molecule has 0 aromatic heterocycles. The van der Waals surface area contributed by atoms with Crippen molar-refractivity contribution < 1.29 is 0 Å². The van der Waals surface area contributed by atoms with Gasteiger partial charge in [0.15, 0.2) is 0 Å². The minimum atomic E-state index is -0.239. The molecule has 0 radical (unpaired) electrons. The van der Waals surface area contributed by atoms with E-state index < -0.39 is 0 Å². The van der Waals surface area contributed by atoms with Crippen molar-refractivity contribution in [2.75, 3.05) is 7.05 Å². The maximum atomic E-state index is 6.00. The van der Waals surface area contributed by atoms with Crippen LogP contribution in [-0.2, 0) is 0 Å². The number of aliphatic imine (C=N–C) groups is 2. The van der Waals surface area contributed by atoms with E-state index in [0.29, 0.717) is 0 Å². The molecule has 0 heterocycles. The molecule has 0 aliphatic carbocycles. The number of benzene rings is 2. The van der Waals surface area contributed by atoms with Crippen molar-refractivity contribution in [3.63, 3.8) is 0 Å². The molecule has 1 atom stereocenters. The molecular weight excluding hydrogens is 272 g/mol. The van der Waals surface area contributed by atoms with Crippen LogP contribution in [0.2, 0.25) is 0 Å². The molecular formula is C18H22N4. The largest absolute Gasteiger partial charge is 0.325 e. The summed E-state index contributed by atoms with van der Waals surface area (Å²) in [5.41, 5.74) is 8.00. The third-order valence-electron chi connectivity index (χ3n) is 3.27. The number of nitrogens with two attached hydrogens (primary N) is 1. The predicted octanol–water partition coefficient (Wildman–Crippen LogP) is 2.79. The lowest BCUT2D eigenvalue weighted by atomic mass is 10.1. The molecule has 0 aliphatic heterocycles. The van der Waals surface area contributed by atoms with Crippen molar-refractivity contribution in [1.29, 1.82) is 0 Å². The number of nitrogens with zero attached hydrogens (tertiary/aromatic N) is 2. The van der Waals surface area contributed by atoms with Gasteiger partial charge in [0.05, 0.1) is 6.17 Å². The van der Waals surface area contributed by atoms with Crippen LogP contribution in [0.5, 0.6) is 0 Å². The van der Waals surface area contributed by atoms with Crippen molar-refractivity contribution in [3.05, 3.63) is 71.8 Å². The third-order valence-corrected chi connectivity index (χ3v) is 3.27. The molecule has 0 fully saturated rings. The highest BCUT2D eigenvalue weighted by atomic mass is 15.1. The molecule has 4 heteroatoms. The van der Waals surface area contributed by atoms with E-state index in [1.54, 1.807) is 7.05 Å². The van der Waals surface area contributed by atoms with Crippen LogP contribution >= 0.6 is 0 Å². The molecule has 0 saturated carbocycles. The Morgan fingerprint density at radius 3 is 1.91 bits per heavy atom. The highest BCUT2D eigenvalue weighted by Crippen LogP contribution is 2.05. The van der Waals surface area contributed by atoms with Crippen LogP contribution in [0.1, 0.15) is 24.5 Å². The standard InChI is InChI=1S/C18H22N4/c1-3-16(19)21-18(15-12-8-5-9-13-15)22-17(20-2)14-10-6-4-7-11-14/h4-13,16H,3,19H2,1-2H3,(H,20,21,22). The summed E-state index contributed by atoms with van der Waals surface area (Å²) >= 11 is 0. The molecule has 2 rings (SSSR count). The maximum Gasteiger partial charge on any atom is 0.135 e. The summed E-state index contributed by atoms with van der Waals surface area (Å²) in [7, 11) is 1.76. The fourth-order valence-corrected chi connectivity index (χ4v) is 2.00. The van der Waals surface area contributed by atoms with E-state index in [1.165, 1.54) is 0 Å². The minimum Gasteiger partial charge on any atom is -0.325 e. The lowest BCUT2D eigenvalue weighted by Crippen LogP contribution is -2.34. The zero-order valence-corrected chi connectivity index (χ0v) is 13.0. The first kappa shape index (κ1) is 15.9. The van der Waals surface area contributed by atoms with Crippen molar-refractivity contribution in [2.24, 2.45) is 15.7 Å². The fraction of sp³-hybridized carbons (Fsp3) is 0.222. The molecule has 114 valence electrons. The second-order valence-electron chi connectivity index (χ2n) is 4.88. The number of nitrogens with one attached hydrogen (secondary N) is 1. The fourth-order valence-electron chi connectivity index (χ4n) is 2.00. The van der Waals surface area contributed by atoms with E-state index in [0.717, 1.165) is 29.2 Å². The van der Waals surface area contributed by atoms with Gasteiger partial charge in [-0.25, -0.2) is 4.99 Å². The van der Waals surface area contributed by atoms with Gasteiger partial charge in [-0.3, -0.25) is 4.99 Å². The molecule has 3 N–H and O–H groups in total. The highest BCUT2D eigenvalue weighted by molar-refractivity contribution is 6.14. The highest BCUT2D eigenvalue weighted by Gasteiger charge is 2.09. The number of rotatable bonds is 4. The smallest absolute Gasteiger partial charge is 0.135 e. The van der Waals surface area contributed by atoms with Gasteiger partial charge in [-0.05, 0) is 6.42 Å². The Morgan fingerprint density at radius 1 is 0.955 bits per heavy atom. The van der Waals surface area contributed by atoms with Crippen LogP contribution in [0, 0.1) is 0 Å². The SMILES string of the molecule is CCC(N)N=C(NC(=NC)c1ccccc1)c1ccccc1. The summed E-state index contributed by atoms with van der Waals surface area (Å²) in [6, 6.07) is 19.9. The van der Waals surface area contributed by atoms with E-state index in [2.05, 4.69) is 15.3 Å². The van der Waals surface area contributed by atoms with Crippen LogP contribution < -0.4 is 11.1 Å². The predicted molar refractivity (Wildman–Crippen MR) is 93.3 cm³/mol. The lowest BCUT2D eigenvalue weighted by Gasteiger charge is -2.14. The van der Waals surface area contributed by atoms with E-state index in [9.17, 15) is 0 Å². The first-order valence-electron chi connectivity index (χ1n) is 7.42. The molecule has 4 nitrogen and oxygen atoms in total. The summed E-state index contributed by atoms with van der Waals surface area (Å²) in [4.78, 5) is 8.92. The van der Waals surface area contributed by atoms with Crippen molar-refractivity contribution >= 4 is 11.7 Å². The maximum absolute atomic E-state index is 6.00. The first-order chi connectivity index (χ1) is 10.7. The lowest BCUT2D eigenvalue weighted by molar-refractivity contribution is 0.682. The number of hydrogen-bond acceptors (Lipinski definition) is 3. The van der Waals surface area contributed by atoms with Gasteiger partial charge in [0.2, 0.25) is 0 Å². The average Bonchev–Trinajstić information content (AvgIpc) is 2.59. The molecule has 0 saturated heterocycles. The van der Waals surface area contributed by atoms with Crippen LogP contribution in [0.15, 0.2) is 70.6 Å². The molecule has 0 aliphatic rings. The normalized spacial score (nSPS) is 13.8. The molecule has 22 heavy (non-hydrogen) atoms. The zero-order chi connectivity index (χ0) is 15.8. The summed E-state index contributed by atoms with van der Waals surface area (Å²) in [6.07, 6.45) is 0.540. The quantitative estimate of drug-likeness (QED) is 0.673. The van der Waals surface area contributed by atoms with E-state index in [-0.39, 0.29) is 6.17 Å². The summed E-state index contributed by atoms with van der Waals surface area (Å²) in [5.74, 6) is 1.51. The zero-order valence-electron chi connectivity index (χ0n) is 13.0. The van der Waals surface area contributed by atoms with Crippen LogP contribution in [0.25, 0.3) is 0 Å². The molecule has 0 amide bonds. The average molecular weight is 294 g/mol. The van der Waals surface area contributed by atoms with Gasteiger partial charge in [0.25, 0.3) is 0 Å². The van der Waals surface area contributed by atoms with Gasteiger partial charge in [-0.2, -0.15) is 0 Å². The summed E-state index contributed by atoms with van der Waals surface area (Å²) < 4.78 is 0. The van der Waals surface area contributed by atoms with Crippen LogP contribution in [0.4, 0.5) is 0 Å². The van der Waals surface area contributed by atoms with Gasteiger partial charge in [-0.15, -0.1) is 0 Å². The minimum absolute atomic E-state index is 0.239. The molecule has 1 unspecified atom stereocenters. The second-order valence-corrected chi connectivity index (χ2v) is 4.88. The number of amidine groups is 2. The third kappa shape index (κ3) is 4.27. The molecule has 0 spiro atoms. The molecule has 2 aromatic rings. The van der Waals surface area contributed by atoms with Crippen molar-refractivity contribution in [3.8, 4) is 0 Å².